The van der Waals surface area contributed by atoms with E-state index in [1.165, 1.54) is 0 Å². The Morgan fingerprint density at radius 3 is 2.07 bits per heavy atom. The summed E-state index contributed by atoms with van der Waals surface area (Å²) in [6, 6.07) is 17.2. The Labute approximate surface area is 244 Å². The first-order valence-corrected chi connectivity index (χ1v) is 14.6. The van der Waals surface area contributed by atoms with Gasteiger partial charge >= 0.3 is 7.12 Å². The molecule has 7 nitrogen and oxygen atoms in total. The molecule has 0 bridgehead atoms. The highest BCUT2D eigenvalue weighted by atomic mass is 16.7. The van der Waals surface area contributed by atoms with E-state index in [9.17, 15) is 9.59 Å². The lowest BCUT2D eigenvalue weighted by Crippen LogP contribution is -2.41. The molecule has 8 heteroatoms. The lowest BCUT2D eigenvalue weighted by atomic mass is 9.78. The fourth-order valence-corrected chi connectivity index (χ4v) is 4.85. The van der Waals surface area contributed by atoms with Crippen molar-refractivity contribution < 1.29 is 18.9 Å². The summed E-state index contributed by atoms with van der Waals surface area (Å²) in [5.41, 5.74) is 4.60. The standard InChI is InChI=1S/C31H36BN3O4.C2H6/c1-21-8-9-22(19-33-21)20-34-28(36)25-16-24(17-26(18-25)29(37)35-14-6-7-15-35)23-10-12-27(13-11-23)32-38-30(2,3)31(4,5)39-32;1-2/h8-13,16-19H,6-7,14-15,20H2,1-5H3,(H,34,36);1-2H3. The van der Waals surface area contributed by atoms with Crippen molar-refractivity contribution in [3.05, 3.63) is 83.2 Å². The zero-order chi connectivity index (χ0) is 29.8. The van der Waals surface area contributed by atoms with Crippen LogP contribution in [0.1, 0.15) is 86.4 Å². The zero-order valence-electron chi connectivity index (χ0n) is 25.4. The van der Waals surface area contributed by atoms with E-state index >= 15 is 0 Å². The van der Waals surface area contributed by atoms with Gasteiger partial charge in [0, 0.05) is 42.7 Å². The molecule has 1 N–H and O–H groups in total. The average Bonchev–Trinajstić information content (AvgIpc) is 3.59. The summed E-state index contributed by atoms with van der Waals surface area (Å²) in [6.07, 6.45) is 3.77. The Hall–Kier alpha value is -3.49. The first kappa shape index (κ1) is 30.5. The molecule has 2 saturated heterocycles. The van der Waals surface area contributed by atoms with Crippen LogP contribution in [0, 0.1) is 6.92 Å². The lowest BCUT2D eigenvalue weighted by molar-refractivity contribution is 0.00578. The molecule has 2 fully saturated rings. The SMILES string of the molecule is CC.Cc1ccc(CNC(=O)c2cc(C(=O)N3CCCC3)cc(-c3ccc(B4OC(C)(C)C(C)(C)O4)cc3)c2)cn1. The third-order valence-corrected chi connectivity index (χ3v) is 8.03. The molecule has 216 valence electrons. The minimum absolute atomic E-state index is 0.0417. The van der Waals surface area contributed by atoms with E-state index in [0.717, 1.165) is 53.8 Å². The fourth-order valence-electron chi connectivity index (χ4n) is 4.85. The highest BCUT2D eigenvalue weighted by Crippen LogP contribution is 2.36. The van der Waals surface area contributed by atoms with Crippen molar-refractivity contribution >= 4 is 24.4 Å². The summed E-state index contributed by atoms with van der Waals surface area (Å²) in [7, 11) is -0.454. The number of aryl methyl sites for hydroxylation is 1. The molecule has 1 aromatic heterocycles. The van der Waals surface area contributed by atoms with Crippen molar-refractivity contribution in [1.82, 2.24) is 15.2 Å². The molecule has 3 heterocycles. The molecule has 2 aliphatic rings. The Morgan fingerprint density at radius 2 is 1.49 bits per heavy atom. The molecule has 0 atom stereocenters. The predicted molar refractivity (Wildman–Crippen MR) is 164 cm³/mol. The zero-order valence-corrected chi connectivity index (χ0v) is 25.4. The Kier molecular flexibility index (Phi) is 9.35. The minimum Gasteiger partial charge on any atom is -0.399 e. The van der Waals surface area contributed by atoms with Gasteiger partial charge in [-0.05, 0) is 93.9 Å². The van der Waals surface area contributed by atoms with Crippen LogP contribution in [0.25, 0.3) is 11.1 Å². The molecule has 2 aliphatic heterocycles. The number of rotatable bonds is 6. The Morgan fingerprint density at radius 1 is 0.878 bits per heavy atom. The summed E-state index contributed by atoms with van der Waals surface area (Å²) < 4.78 is 12.4. The number of carbonyl (C=O) groups excluding carboxylic acids is 2. The maximum absolute atomic E-state index is 13.3. The molecule has 2 amide bonds. The second-order valence-corrected chi connectivity index (χ2v) is 11.5. The molecule has 0 spiro atoms. The van der Waals surface area contributed by atoms with Gasteiger partial charge in [0.15, 0.2) is 0 Å². The number of nitrogens with one attached hydrogen (secondary N) is 1. The summed E-state index contributed by atoms with van der Waals surface area (Å²) >= 11 is 0. The van der Waals surface area contributed by atoms with Crippen molar-refractivity contribution in [1.29, 1.82) is 0 Å². The van der Waals surface area contributed by atoms with Crippen LogP contribution < -0.4 is 10.8 Å². The minimum atomic E-state index is -0.454. The Bertz CT molecular complexity index is 1350. The number of amides is 2. The Balaban J connectivity index is 0.00000189. The maximum atomic E-state index is 13.3. The summed E-state index contributed by atoms with van der Waals surface area (Å²) in [6.45, 7) is 15.9. The molecule has 0 saturated carbocycles. The van der Waals surface area contributed by atoms with Crippen LogP contribution in [0.5, 0.6) is 0 Å². The van der Waals surface area contributed by atoms with Gasteiger partial charge in [0.2, 0.25) is 0 Å². The van der Waals surface area contributed by atoms with Gasteiger partial charge in [-0.15, -0.1) is 0 Å². The highest BCUT2D eigenvalue weighted by molar-refractivity contribution is 6.62. The topological polar surface area (TPSA) is 80.8 Å². The van der Waals surface area contributed by atoms with Gasteiger partial charge in [-0.25, -0.2) is 0 Å². The van der Waals surface area contributed by atoms with E-state index in [1.54, 1.807) is 12.3 Å². The van der Waals surface area contributed by atoms with Gasteiger partial charge in [0.1, 0.15) is 0 Å². The molecule has 0 unspecified atom stereocenters. The molecule has 41 heavy (non-hydrogen) atoms. The van der Waals surface area contributed by atoms with Crippen molar-refractivity contribution in [3.63, 3.8) is 0 Å². The first-order chi connectivity index (χ1) is 19.5. The lowest BCUT2D eigenvalue weighted by Gasteiger charge is -2.32. The van der Waals surface area contributed by atoms with Gasteiger partial charge in [-0.1, -0.05) is 44.2 Å². The monoisotopic (exact) mass is 555 g/mol. The third-order valence-electron chi connectivity index (χ3n) is 8.03. The number of aromatic nitrogens is 1. The average molecular weight is 556 g/mol. The van der Waals surface area contributed by atoms with Crippen LogP contribution in [0.2, 0.25) is 0 Å². The quantitative estimate of drug-likeness (QED) is 0.404. The second kappa shape index (κ2) is 12.6. The number of carbonyl (C=O) groups is 2. The van der Waals surface area contributed by atoms with Gasteiger partial charge < -0.3 is 19.5 Å². The van der Waals surface area contributed by atoms with E-state index in [1.807, 2.05) is 102 Å². The van der Waals surface area contributed by atoms with Crippen LogP contribution in [0.4, 0.5) is 0 Å². The second-order valence-electron chi connectivity index (χ2n) is 11.5. The van der Waals surface area contributed by atoms with Gasteiger partial charge in [0.05, 0.1) is 11.2 Å². The normalized spacial score (nSPS) is 17.1. The van der Waals surface area contributed by atoms with E-state index in [-0.39, 0.29) is 11.8 Å². The number of hydrogen-bond donors (Lipinski definition) is 1. The molecule has 0 aliphatic carbocycles. The largest absolute Gasteiger partial charge is 0.494 e. The summed E-state index contributed by atoms with van der Waals surface area (Å²) in [5.74, 6) is -0.276. The molecular formula is C33H42BN3O4. The molecule has 0 radical (unpaired) electrons. The highest BCUT2D eigenvalue weighted by Gasteiger charge is 2.51. The van der Waals surface area contributed by atoms with E-state index in [0.29, 0.717) is 17.7 Å². The van der Waals surface area contributed by atoms with Crippen LogP contribution >= 0.6 is 0 Å². The number of benzene rings is 2. The fraction of sp³-hybridized carbons (Fsp3) is 0.424. The maximum Gasteiger partial charge on any atom is 0.494 e. The third kappa shape index (κ3) is 6.88. The first-order valence-electron chi connectivity index (χ1n) is 14.6. The van der Waals surface area contributed by atoms with E-state index < -0.39 is 18.3 Å². The van der Waals surface area contributed by atoms with Gasteiger partial charge in [0.25, 0.3) is 11.8 Å². The van der Waals surface area contributed by atoms with Crippen molar-refractivity contribution in [3.8, 4) is 11.1 Å². The van der Waals surface area contributed by atoms with E-state index in [4.69, 9.17) is 9.31 Å². The smallest absolute Gasteiger partial charge is 0.399 e. The molecule has 2 aromatic carbocycles. The van der Waals surface area contributed by atoms with Crippen LogP contribution in [-0.2, 0) is 15.9 Å². The van der Waals surface area contributed by atoms with Crippen LogP contribution in [-0.4, -0.2) is 53.1 Å². The van der Waals surface area contributed by atoms with Crippen molar-refractivity contribution in [2.75, 3.05) is 13.1 Å². The molecule has 3 aromatic rings. The molecular weight excluding hydrogens is 513 g/mol. The van der Waals surface area contributed by atoms with Crippen molar-refractivity contribution in [2.45, 2.75) is 79.1 Å². The van der Waals surface area contributed by atoms with Gasteiger partial charge in [-0.2, -0.15) is 0 Å². The van der Waals surface area contributed by atoms with Crippen molar-refractivity contribution in [2.24, 2.45) is 0 Å². The van der Waals surface area contributed by atoms with Crippen LogP contribution in [0.15, 0.2) is 60.8 Å². The number of hydrogen-bond acceptors (Lipinski definition) is 5. The van der Waals surface area contributed by atoms with E-state index in [2.05, 4.69) is 10.3 Å². The predicted octanol–water partition coefficient (Wildman–Crippen LogP) is 5.55. The van der Waals surface area contributed by atoms with Gasteiger partial charge in [-0.3, -0.25) is 14.6 Å². The number of likely N-dealkylation sites (tertiary alicyclic amines) is 1. The molecule has 5 rings (SSSR count). The summed E-state index contributed by atoms with van der Waals surface area (Å²) in [4.78, 5) is 32.7. The number of nitrogens with zero attached hydrogens (tertiary/aromatic N) is 2. The van der Waals surface area contributed by atoms with Crippen LogP contribution in [0.3, 0.4) is 0 Å². The number of pyridine rings is 1. The summed E-state index contributed by atoms with van der Waals surface area (Å²) in [5, 5.41) is 2.97.